The molecule has 3 aromatic carbocycles. The highest BCUT2D eigenvalue weighted by atomic mass is 16.5. The molecule has 28 heavy (non-hydrogen) atoms. The summed E-state index contributed by atoms with van der Waals surface area (Å²) in [5.41, 5.74) is 4.42. The SMILES string of the molecule is BC(C)(C)C(C)(C)OBc1ccc(N(c2ccccc2)c2ccccc2)cc1. The molecule has 0 aliphatic rings. The fourth-order valence-electron chi connectivity index (χ4n) is 2.82. The molecule has 0 bridgehead atoms. The van der Waals surface area contributed by atoms with E-state index < -0.39 is 0 Å². The van der Waals surface area contributed by atoms with Crippen molar-refractivity contribution in [1.82, 2.24) is 0 Å². The van der Waals surface area contributed by atoms with Crippen LogP contribution in [0.5, 0.6) is 0 Å². The van der Waals surface area contributed by atoms with Gasteiger partial charge >= 0.3 is 7.48 Å². The van der Waals surface area contributed by atoms with Crippen LogP contribution in [0.2, 0.25) is 5.31 Å². The van der Waals surface area contributed by atoms with Crippen molar-refractivity contribution in [1.29, 1.82) is 0 Å². The molecule has 0 aliphatic carbocycles. The lowest BCUT2D eigenvalue weighted by atomic mass is 9.61. The maximum Gasteiger partial charge on any atom is 0.309 e. The normalized spacial score (nSPS) is 11.9. The van der Waals surface area contributed by atoms with Gasteiger partial charge in [-0.1, -0.05) is 67.8 Å². The second-order valence-electron chi connectivity index (χ2n) is 8.72. The molecule has 0 fully saturated rings. The average Bonchev–Trinajstić information content (AvgIpc) is 2.68. The molecule has 0 aliphatic heterocycles. The maximum atomic E-state index is 6.24. The lowest BCUT2D eigenvalue weighted by molar-refractivity contribution is 0.0767. The van der Waals surface area contributed by atoms with Gasteiger partial charge in [0.25, 0.3) is 0 Å². The van der Waals surface area contributed by atoms with Crippen molar-refractivity contribution < 1.29 is 4.65 Å². The number of benzene rings is 3. The van der Waals surface area contributed by atoms with Crippen LogP contribution in [-0.4, -0.2) is 20.9 Å². The quantitative estimate of drug-likeness (QED) is 0.557. The Balaban J connectivity index is 1.83. The first-order valence-electron chi connectivity index (χ1n) is 9.91. The summed E-state index contributed by atoms with van der Waals surface area (Å²) in [6, 6.07) is 29.6. The lowest BCUT2D eigenvalue weighted by Crippen LogP contribution is -2.40. The van der Waals surface area contributed by atoms with Gasteiger partial charge in [-0.15, -0.1) is 0 Å². The van der Waals surface area contributed by atoms with Crippen molar-refractivity contribution in [3.05, 3.63) is 84.9 Å². The van der Waals surface area contributed by atoms with Gasteiger partial charge < -0.3 is 9.55 Å². The molecule has 0 radical (unpaired) electrons. The van der Waals surface area contributed by atoms with E-state index in [1.165, 1.54) is 5.46 Å². The van der Waals surface area contributed by atoms with Crippen molar-refractivity contribution in [2.24, 2.45) is 0 Å². The van der Waals surface area contributed by atoms with Crippen LogP contribution < -0.4 is 10.4 Å². The maximum absolute atomic E-state index is 6.24. The summed E-state index contributed by atoms with van der Waals surface area (Å²) in [6.45, 7) is 8.75. The fraction of sp³-hybridized carbons (Fsp3) is 0.250. The van der Waals surface area contributed by atoms with Gasteiger partial charge in [0.05, 0.1) is 0 Å². The third kappa shape index (κ3) is 4.69. The van der Waals surface area contributed by atoms with E-state index in [-0.39, 0.29) is 10.9 Å². The Bertz CT molecular complexity index is 832. The fourth-order valence-corrected chi connectivity index (χ4v) is 2.82. The molecular weight excluding hydrogens is 340 g/mol. The lowest BCUT2D eigenvalue weighted by Gasteiger charge is -2.39. The Morgan fingerprint density at radius 3 is 1.54 bits per heavy atom. The largest absolute Gasteiger partial charge is 0.430 e. The highest BCUT2D eigenvalue weighted by molar-refractivity contribution is 6.47. The molecule has 0 spiro atoms. The van der Waals surface area contributed by atoms with E-state index in [2.05, 4.69) is 113 Å². The molecule has 0 unspecified atom stereocenters. The van der Waals surface area contributed by atoms with Gasteiger partial charge in [0.15, 0.2) is 0 Å². The third-order valence-electron chi connectivity index (χ3n) is 5.63. The topological polar surface area (TPSA) is 12.5 Å². The summed E-state index contributed by atoms with van der Waals surface area (Å²) in [5.74, 6) is 0. The Kier molecular flexibility index (Phi) is 6.00. The molecule has 4 heteroatoms. The highest BCUT2D eigenvalue weighted by Crippen LogP contribution is 2.37. The second-order valence-corrected chi connectivity index (χ2v) is 8.72. The van der Waals surface area contributed by atoms with E-state index in [1.807, 2.05) is 12.1 Å². The van der Waals surface area contributed by atoms with Crippen LogP contribution in [-0.2, 0) is 4.65 Å². The van der Waals surface area contributed by atoms with Crippen LogP contribution in [0, 0.1) is 0 Å². The molecule has 2 nitrogen and oxygen atoms in total. The van der Waals surface area contributed by atoms with Crippen LogP contribution in [0.1, 0.15) is 27.7 Å². The highest BCUT2D eigenvalue weighted by Gasteiger charge is 2.33. The molecule has 0 atom stereocenters. The van der Waals surface area contributed by atoms with Gasteiger partial charge in [-0.2, -0.15) is 0 Å². The standard InChI is InChI=1S/C24H29B2NO/c1-23(2,25)24(3,4)28-26-19-15-17-22(18-16-19)27(20-11-7-5-8-12-20)21-13-9-6-10-14-21/h5-18,26H,25H2,1-4H3. The summed E-state index contributed by atoms with van der Waals surface area (Å²) < 4.78 is 6.24. The average molecular weight is 369 g/mol. The number of anilines is 3. The Morgan fingerprint density at radius 1 is 0.679 bits per heavy atom. The van der Waals surface area contributed by atoms with Gasteiger partial charge in [-0.25, -0.2) is 0 Å². The first kappa shape index (κ1) is 20.3. The molecule has 0 amide bonds. The number of para-hydroxylation sites is 2. The van der Waals surface area contributed by atoms with E-state index >= 15 is 0 Å². The van der Waals surface area contributed by atoms with Gasteiger partial charge in [-0.3, -0.25) is 0 Å². The Labute approximate surface area is 171 Å². The molecule has 142 valence electrons. The molecule has 0 saturated heterocycles. The van der Waals surface area contributed by atoms with E-state index in [0.717, 1.165) is 17.1 Å². The van der Waals surface area contributed by atoms with Crippen LogP contribution in [0.25, 0.3) is 0 Å². The van der Waals surface area contributed by atoms with E-state index in [1.54, 1.807) is 0 Å². The van der Waals surface area contributed by atoms with Crippen LogP contribution in [0.4, 0.5) is 17.1 Å². The zero-order valence-electron chi connectivity index (χ0n) is 17.6. The molecule has 3 aromatic rings. The monoisotopic (exact) mass is 369 g/mol. The molecule has 0 saturated carbocycles. The molecule has 0 aromatic heterocycles. The number of hydrogen-bond donors (Lipinski definition) is 0. The predicted octanol–water partition coefficient (Wildman–Crippen LogP) is 4.76. The van der Waals surface area contributed by atoms with Crippen molar-refractivity contribution in [3.63, 3.8) is 0 Å². The molecule has 0 heterocycles. The minimum atomic E-state index is -0.189. The van der Waals surface area contributed by atoms with Gasteiger partial charge in [0.2, 0.25) is 0 Å². The van der Waals surface area contributed by atoms with Gasteiger partial charge in [-0.05, 0) is 55.6 Å². The van der Waals surface area contributed by atoms with Gasteiger partial charge in [0, 0.05) is 22.7 Å². The Hall–Kier alpha value is -2.45. The summed E-state index contributed by atoms with van der Waals surface area (Å²) in [5, 5.41) is 0.0877. The summed E-state index contributed by atoms with van der Waals surface area (Å²) in [4.78, 5) is 2.27. The van der Waals surface area contributed by atoms with E-state index in [4.69, 9.17) is 4.65 Å². The first-order chi connectivity index (χ1) is 13.3. The number of nitrogens with zero attached hydrogens (tertiary/aromatic N) is 1. The number of hydrogen-bond acceptors (Lipinski definition) is 2. The summed E-state index contributed by atoms with van der Waals surface area (Å²) in [6.07, 6.45) is 0. The van der Waals surface area contributed by atoms with Crippen molar-refractivity contribution >= 4 is 37.9 Å². The molecule has 0 N–H and O–H groups in total. The molecular formula is C24H29B2NO. The van der Waals surface area contributed by atoms with Crippen LogP contribution in [0.15, 0.2) is 84.9 Å². The second kappa shape index (κ2) is 8.28. The van der Waals surface area contributed by atoms with Crippen molar-refractivity contribution in [3.8, 4) is 0 Å². The first-order valence-corrected chi connectivity index (χ1v) is 9.91. The molecule has 3 rings (SSSR count). The zero-order chi connectivity index (χ0) is 20.2. The third-order valence-corrected chi connectivity index (χ3v) is 5.63. The van der Waals surface area contributed by atoms with E-state index in [9.17, 15) is 0 Å². The minimum Gasteiger partial charge on any atom is -0.430 e. The summed E-state index contributed by atoms with van der Waals surface area (Å²) >= 11 is 0. The van der Waals surface area contributed by atoms with Crippen LogP contribution in [0.3, 0.4) is 0 Å². The van der Waals surface area contributed by atoms with Crippen molar-refractivity contribution in [2.75, 3.05) is 4.90 Å². The number of rotatable bonds is 7. The smallest absolute Gasteiger partial charge is 0.309 e. The summed E-state index contributed by atoms with van der Waals surface area (Å²) in [7, 11) is 2.83. The predicted molar refractivity (Wildman–Crippen MR) is 126 cm³/mol. The van der Waals surface area contributed by atoms with Crippen molar-refractivity contribution in [2.45, 2.75) is 38.6 Å². The van der Waals surface area contributed by atoms with Crippen LogP contribution >= 0.6 is 0 Å². The van der Waals surface area contributed by atoms with E-state index in [0.29, 0.717) is 7.48 Å². The van der Waals surface area contributed by atoms with Gasteiger partial charge in [0.1, 0.15) is 7.85 Å². The minimum absolute atomic E-state index is 0.0877. The Morgan fingerprint density at radius 2 is 1.11 bits per heavy atom. The zero-order valence-corrected chi connectivity index (χ0v) is 17.6.